The molecule has 2 aromatic rings. The highest BCUT2D eigenvalue weighted by atomic mass is 31.1. The molecule has 1 unspecified atom stereocenters. The van der Waals surface area contributed by atoms with Gasteiger partial charge in [0, 0.05) is 5.30 Å². The van der Waals surface area contributed by atoms with Crippen molar-refractivity contribution < 1.29 is 18.3 Å². The Morgan fingerprint density at radius 2 is 1.68 bits per heavy atom. The average Bonchev–Trinajstić information content (AvgIpc) is 2.33. The lowest BCUT2D eigenvalue weighted by molar-refractivity contribution is -0.136. The van der Waals surface area contributed by atoms with E-state index in [9.17, 15) is 18.3 Å². The van der Waals surface area contributed by atoms with Crippen LogP contribution in [0.4, 0.5) is 13.2 Å². The summed E-state index contributed by atoms with van der Waals surface area (Å²) in [7, 11) is -0.226. The van der Waals surface area contributed by atoms with Crippen LogP contribution in [0.5, 0.6) is 5.75 Å². The highest BCUT2D eigenvalue weighted by Crippen LogP contribution is 2.31. The lowest BCUT2D eigenvalue weighted by atomic mass is 10.2. The monoisotopic (exact) mass is 284 g/mol. The number of aromatic hydroxyl groups is 1. The van der Waals surface area contributed by atoms with Crippen molar-refractivity contribution in [3.63, 3.8) is 0 Å². The largest absolute Gasteiger partial charge is 0.507 e. The van der Waals surface area contributed by atoms with E-state index in [0.717, 1.165) is 11.6 Å². The van der Waals surface area contributed by atoms with Gasteiger partial charge in [-0.2, -0.15) is 13.2 Å². The second kappa shape index (κ2) is 5.22. The molecule has 100 valence electrons. The van der Waals surface area contributed by atoms with Crippen molar-refractivity contribution in [1.29, 1.82) is 0 Å². The molecule has 2 rings (SSSR count). The van der Waals surface area contributed by atoms with E-state index in [1.165, 1.54) is 18.2 Å². The van der Waals surface area contributed by atoms with E-state index in [1.54, 1.807) is 18.2 Å². The van der Waals surface area contributed by atoms with Crippen LogP contribution in [0.25, 0.3) is 0 Å². The summed E-state index contributed by atoms with van der Waals surface area (Å²) in [6.45, 7) is 1.84. The number of aryl methyl sites for hydroxylation is 1. The van der Waals surface area contributed by atoms with Gasteiger partial charge in [-0.05, 0) is 30.4 Å². The van der Waals surface area contributed by atoms with Crippen molar-refractivity contribution in [2.75, 3.05) is 0 Å². The van der Waals surface area contributed by atoms with Crippen molar-refractivity contribution in [3.8, 4) is 5.75 Å². The zero-order valence-corrected chi connectivity index (χ0v) is 11.1. The van der Waals surface area contributed by atoms with Crippen molar-refractivity contribution in [2.24, 2.45) is 0 Å². The highest BCUT2D eigenvalue weighted by Gasteiger charge is 2.33. The predicted octanol–water partition coefficient (Wildman–Crippen LogP) is 3.35. The maximum absolute atomic E-state index is 12.9. The fraction of sp³-hybridized carbons (Fsp3) is 0.143. The molecule has 1 nitrogen and oxygen atoms in total. The normalized spacial score (nSPS) is 12.2. The quantitative estimate of drug-likeness (QED) is 0.838. The molecule has 2 aromatic carbocycles. The highest BCUT2D eigenvalue weighted by molar-refractivity contribution is 7.55. The molecular formula is C14H12F3OP. The van der Waals surface area contributed by atoms with Crippen molar-refractivity contribution >= 4 is 19.2 Å². The first-order chi connectivity index (χ1) is 8.88. The third kappa shape index (κ3) is 3.27. The van der Waals surface area contributed by atoms with Gasteiger partial charge >= 0.3 is 6.18 Å². The molecule has 19 heavy (non-hydrogen) atoms. The zero-order chi connectivity index (χ0) is 14.0. The lowest BCUT2D eigenvalue weighted by Gasteiger charge is -2.13. The number of hydrogen-bond acceptors (Lipinski definition) is 1. The average molecular weight is 284 g/mol. The maximum Gasteiger partial charge on any atom is 0.417 e. The van der Waals surface area contributed by atoms with Crippen LogP contribution in [-0.4, -0.2) is 5.11 Å². The van der Waals surface area contributed by atoms with E-state index in [-0.39, 0.29) is 19.6 Å². The Kier molecular flexibility index (Phi) is 3.81. The minimum Gasteiger partial charge on any atom is -0.507 e. The van der Waals surface area contributed by atoms with Gasteiger partial charge in [0.25, 0.3) is 0 Å². The van der Waals surface area contributed by atoms with Gasteiger partial charge in [-0.15, -0.1) is 0 Å². The van der Waals surface area contributed by atoms with E-state index in [4.69, 9.17) is 0 Å². The molecule has 0 aliphatic carbocycles. The number of halogens is 3. The van der Waals surface area contributed by atoms with Gasteiger partial charge in [0.1, 0.15) is 5.75 Å². The Hall–Kier alpha value is -1.54. The second-order valence-electron chi connectivity index (χ2n) is 4.19. The van der Waals surface area contributed by atoms with Gasteiger partial charge in [0.2, 0.25) is 0 Å². The van der Waals surface area contributed by atoms with Crippen LogP contribution in [0.1, 0.15) is 11.1 Å². The van der Waals surface area contributed by atoms with Crippen LogP contribution in [-0.2, 0) is 6.18 Å². The van der Waals surface area contributed by atoms with E-state index in [0.29, 0.717) is 5.30 Å². The molecule has 0 amide bonds. The first-order valence-electron chi connectivity index (χ1n) is 5.61. The summed E-state index contributed by atoms with van der Waals surface area (Å²) in [5.74, 6) is 0.0286. The number of rotatable bonds is 2. The third-order valence-electron chi connectivity index (χ3n) is 2.65. The Morgan fingerprint density at radius 1 is 1.00 bits per heavy atom. The molecule has 0 saturated carbocycles. The molecule has 0 aliphatic rings. The second-order valence-corrected chi connectivity index (χ2v) is 5.52. The first kappa shape index (κ1) is 13.9. The minimum absolute atomic E-state index is 0.0286. The van der Waals surface area contributed by atoms with Crippen LogP contribution >= 0.6 is 8.58 Å². The van der Waals surface area contributed by atoms with Gasteiger partial charge in [-0.3, -0.25) is 0 Å². The van der Waals surface area contributed by atoms with Crippen molar-refractivity contribution in [3.05, 3.63) is 53.6 Å². The fourth-order valence-electron chi connectivity index (χ4n) is 1.73. The number of benzene rings is 2. The van der Waals surface area contributed by atoms with E-state index < -0.39 is 11.7 Å². The maximum atomic E-state index is 12.9. The fourth-order valence-corrected chi connectivity index (χ4v) is 3.08. The smallest absolute Gasteiger partial charge is 0.417 e. The summed E-state index contributed by atoms with van der Waals surface area (Å²) in [4.78, 5) is 0. The minimum atomic E-state index is -4.37. The van der Waals surface area contributed by atoms with Gasteiger partial charge in [-0.1, -0.05) is 38.4 Å². The van der Waals surface area contributed by atoms with Crippen LogP contribution in [0.2, 0.25) is 0 Å². The van der Waals surface area contributed by atoms with E-state index in [2.05, 4.69) is 0 Å². The number of hydrogen-bond donors (Lipinski definition) is 1. The zero-order valence-electron chi connectivity index (χ0n) is 10.1. The van der Waals surface area contributed by atoms with Crippen molar-refractivity contribution in [1.82, 2.24) is 0 Å². The summed E-state index contributed by atoms with van der Waals surface area (Å²) in [6, 6.07) is 10.4. The molecule has 0 aliphatic heterocycles. The Bertz CT molecular complexity index is 593. The third-order valence-corrected chi connectivity index (χ3v) is 4.03. The lowest BCUT2D eigenvalue weighted by Crippen LogP contribution is -2.17. The van der Waals surface area contributed by atoms with E-state index >= 15 is 0 Å². The van der Waals surface area contributed by atoms with Gasteiger partial charge in [-0.25, -0.2) is 0 Å². The predicted molar refractivity (Wildman–Crippen MR) is 71.9 cm³/mol. The molecular weight excluding hydrogens is 272 g/mol. The molecule has 0 radical (unpaired) electrons. The molecule has 0 bridgehead atoms. The molecule has 0 heterocycles. The number of phenolic OH excluding ortho intramolecular Hbond substituents is 1. The molecule has 5 heteroatoms. The molecule has 1 N–H and O–H groups in total. The Morgan fingerprint density at radius 3 is 2.37 bits per heavy atom. The van der Waals surface area contributed by atoms with Crippen LogP contribution in [0, 0.1) is 6.92 Å². The van der Waals surface area contributed by atoms with Gasteiger partial charge < -0.3 is 5.11 Å². The molecule has 0 spiro atoms. The summed E-state index contributed by atoms with van der Waals surface area (Å²) < 4.78 is 38.6. The molecule has 0 aromatic heterocycles. The van der Waals surface area contributed by atoms with Crippen molar-refractivity contribution in [2.45, 2.75) is 13.1 Å². The van der Waals surface area contributed by atoms with Gasteiger partial charge in [0.15, 0.2) is 0 Å². The molecule has 1 atom stereocenters. The van der Waals surface area contributed by atoms with Gasteiger partial charge in [0.05, 0.1) is 5.56 Å². The SMILES string of the molecule is Cc1ccc(O)c(Pc2ccccc2C(F)(F)F)c1. The molecule has 0 saturated heterocycles. The summed E-state index contributed by atoms with van der Waals surface area (Å²) in [5.41, 5.74) is 0.263. The topological polar surface area (TPSA) is 20.2 Å². The van der Waals surface area contributed by atoms with E-state index in [1.807, 2.05) is 6.92 Å². The van der Waals surface area contributed by atoms with Crippen LogP contribution in [0.15, 0.2) is 42.5 Å². The first-order valence-corrected chi connectivity index (χ1v) is 6.61. The van der Waals surface area contributed by atoms with Crippen LogP contribution < -0.4 is 10.6 Å². The summed E-state index contributed by atoms with van der Waals surface area (Å²) in [6.07, 6.45) is -4.37. The number of phenols is 1. The Labute approximate surface area is 110 Å². The standard InChI is InChI=1S/C14H12F3OP/c1-9-6-7-11(18)13(8-9)19-12-5-3-2-4-10(12)14(15,16)17/h2-8,18-19H,1H3. The summed E-state index contributed by atoms with van der Waals surface area (Å²) in [5, 5.41) is 10.4. The Balaban J connectivity index is 2.41. The van der Waals surface area contributed by atoms with Crippen LogP contribution in [0.3, 0.4) is 0 Å². The molecule has 0 fully saturated rings. The number of alkyl halides is 3. The summed E-state index contributed by atoms with van der Waals surface area (Å²) >= 11 is 0.